The Hall–Kier alpha value is -0.690. The Balaban J connectivity index is 0.000000810. The maximum absolute atomic E-state index is 5.68. The highest BCUT2D eigenvalue weighted by Gasteiger charge is 1.86. The standard InChI is InChI=1S/C7H8ClN.CH4/c1-9-7-4-2-3-6(8)5-7;/h2-5,9H,1H3;1H4. The van der Waals surface area contributed by atoms with Crippen LogP contribution < -0.4 is 5.32 Å². The average molecular weight is 158 g/mol. The number of halogens is 1. The fraction of sp³-hybridized carbons (Fsp3) is 0.250. The zero-order valence-electron chi connectivity index (χ0n) is 5.19. The molecule has 0 unspecified atom stereocenters. The molecule has 0 aliphatic rings. The molecule has 0 radical (unpaired) electrons. The molecule has 0 atom stereocenters. The third-order valence-electron chi connectivity index (χ3n) is 1.11. The van der Waals surface area contributed by atoms with Crippen molar-refractivity contribution in [3.05, 3.63) is 29.3 Å². The van der Waals surface area contributed by atoms with Crippen LogP contribution in [0.3, 0.4) is 0 Å². The number of anilines is 1. The van der Waals surface area contributed by atoms with Crippen molar-refractivity contribution >= 4 is 17.3 Å². The zero-order valence-corrected chi connectivity index (χ0v) is 5.94. The second-order valence-electron chi connectivity index (χ2n) is 1.76. The molecule has 56 valence electrons. The van der Waals surface area contributed by atoms with E-state index in [0.717, 1.165) is 10.7 Å². The number of hydrogen-bond acceptors (Lipinski definition) is 1. The largest absolute Gasteiger partial charge is 0.388 e. The van der Waals surface area contributed by atoms with Crippen LogP contribution in [-0.4, -0.2) is 7.05 Å². The van der Waals surface area contributed by atoms with Gasteiger partial charge in [0.05, 0.1) is 0 Å². The van der Waals surface area contributed by atoms with E-state index in [-0.39, 0.29) is 7.43 Å². The van der Waals surface area contributed by atoms with E-state index in [0.29, 0.717) is 0 Å². The first kappa shape index (κ1) is 9.31. The molecular formula is C8H12ClN. The molecule has 0 saturated carbocycles. The normalized spacial score (nSPS) is 8.20. The van der Waals surface area contributed by atoms with Gasteiger partial charge >= 0.3 is 0 Å². The van der Waals surface area contributed by atoms with Crippen LogP contribution in [0.5, 0.6) is 0 Å². The Bertz CT molecular complexity index is 198. The summed E-state index contributed by atoms with van der Waals surface area (Å²) in [5, 5.41) is 3.75. The Kier molecular flexibility index (Phi) is 3.89. The van der Waals surface area contributed by atoms with Gasteiger partial charge in [-0.05, 0) is 18.2 Å². The molecule has 2 heteroatoms. The molecule has 1 rings (SSSR count). The van der Waals surface area contributed by atoms with E-state index in [1.165, 1.54) is 0 Å². The molecule has 1 nitrogen and oxygen atoms in total. The van der Waals surface area contributed by atoms with Crippen LogP contribution >= 0.6 is 11.6 Å². The predicted octanol–water partition coefficient (Wildman–Crippen LogP) is 3.02. The van der Waals surface area contributed by atoms with Gasteiger partial charge in [0.25, 0.3) is 0 Å². The lowest BCUT2D eigenvalue weighted by atomic mass is 10.3. The molecule has 1 aromatic rings. The minimum absolute atomic E-state index is 0. The van der Waals surface area contributed by atoms with E-state index in [4.69, 9.17) is 11.6 Å². The Morgan fingerprint density at radius 1 is 1.40 bits per heavy atom. The quantitative estimate of drug-likeness (QED) is 0.661. The summed E-state index contributed by atoms with van der Waals surface area (Å²) in [6.45, 7) is 0. The second kappa shape index (κ2) is 4.18. The summed E-state index contributed by atoms with van der Waals surface area (Å²) < 4.78 is 0. The lowest BCUT2D eigenvalue weighted by Gasteiger charge is -1.97. The summed E-state index contributed by atoms with van der Waals surface area (Å²) in [4.78, 5) is 0. The van der Waals surface area contributed by atoms with Crippen molar-refractivity contribution in [1.82, 2.24) is 0 Å². The minimum Gasteiger partial charge on any atom is -0.388 e. The number of nitrogens with one attached hydrogen (secondary N) is 1. The van der Waals surface area contributed by atoms with Gasteiger partial charge < -0.3 is 5.32 Å². The third kappa shape index (κ3) is 2.28. The van der Waals surface area contributed by atoms with E-state index in [1.807, 2.05) is 31.3 Å². The monoisotopic (exact) mass is 157 g/mol. The molecule has 1 aromatic carbocycles. The predicted molar refractivity (Wildman–Crippen MR) is 47.7 cm³/mol. The van der Waals surface area contributed by atoms with Crippen molar-refractivity contribution in [2.45, 2.75) is 7.43 Å². The first-order valence-electron chi connectivity index (χ1n) is 2.76. The van der Waals surface area contributed by atoms with Crippen molar-refractivity contribution in [3.8, 4) is 0 Å². The fourth-order valence-electron chi connectivity index (χ4n) is 0.644. The van der Waals surface area contributed by atoms with Crippen LogP contribution in [-0.2, 0) is 0 Å². The van der Waals surface area contributed by atoms with Crippen molar-refractivity contribution in [1.29, 1.82) is 0 Å². The SMILES string of the molecule is C.CNc1cccc(Cl)c1. The summed E-state index contributed by atoms with van der Waals surface area (Å²) in [7, 11) is 1.87. The van der Waals surface area contributed by atoms with Gasteiger partial charge in [0.2, 0.25) is 0 Å². The molecule has 0 spiro atoms. The van der Waals surface area contributed by atoms with Gasteiger partial charge in [-0.1, -0.05) is 25.1 Å². The van der Waals surface area contributed by atoms with Crippen LogP contribution in [0.1, 0.15) is 7.43 Å². The summed E-state index contributed by atoms with van der Waals surface area (Å²) in [6.07, 6.45) is 0. The smallest absolute Gasteiger partial charge is 0.0426 e. The van der Waals surface area contributed by atoms with Gasteiger partial charge in [0.15, 0.2) is 0 Å². The van der Waals surface area contributed by atoms with Crippen LogP contribution in [0.15, 0.2) is 24.3 Å². The van der Waals surface area contributed by atoms with Crippen molar-refractivity contribution in [2.24, 2.45) is 0 Å². The van der Waals surface area contributed by atoms with E-state index >= 15 is 0 Å². The molecule has 1 N–H and O–H groups in total. The highest BCUT2D eigenvalue weighted by Crippen LogP contribution is 2.13. The summed E-state index contributed by atoms with van der Waals surface area (Å²) in [5.74, 6) is 0. The van der Waals surface area contributed by atoms with Crippen molar-refractivity contribution < 1.29 is 0 Å². The Morgan fingerprint density at radius 3 is 2.50 bits per heavy atom. The van der Waals surface area contributed by atoms with E-state index in [2.05, 4.69) is 5.32 Å². The molecule has 10 heavy (non-hydrogen) atoms. The summed E-state index contributed by atoms with van der Waals surface area (Å²) >= 11 is 5.68. The molecular weight excluding hydrogens is 146 g/mol. The van der Waals surface area contributed by atoms with Gasteiger partial charge in [0.1, 0.15) is 0 Å². The summed E-state index contributed by atoms with van der Waals surface area (Å²) in [5.41, 5.74) is 1.04. The maximum atomic E-state index is 5.68. The van der Waals surface area contributed by atoms with Gasteiger partial charge in [-0.2, -0.15) is 0 Å². The Labute approximate surface area is 67.0 Å². The fourth-order valence-corrected chi connectivity index (χ4v) is 0.834. The van der Waals surface area contributed by atoms with Gasteiger partial charge in [0, 0.05) is 17.8 Å². The van der Waals surface area contributed by atoms with E-state index in [1.54, 1.807) is 0 Å². The minimum atomic E-state index is 0. The molecule has 0 aromatic heterocycles. The highest BCUT2D eigenvalue weighted by atomic mass is 35.5. The molecule has 0 bridgehead atoms. The zero-order chi connectivity index (χ0) is 6.69. The molecule has 0 fully saturated rings. The first-order valence-corrected chi connectivity index (χ1v) is 3.14. The van der Waals surface area contributed by atoms with Gasteiger partial charge in [-0.25, -0.2) is 0 Å². The second-order valence-corrected chi connectivity index (χ2v) is 2.20. The molecule has 0 amide bonds. The van der Waals surface area contributed by atoms with E-state index in [9.17, 15) is 0 Å². The first-order chi connectivity index (χ1) is 4.33. The van der Waals surface area contributed by atoms with Crippen molar-refractivity contribution in [3.63, 3.8) is 0 Å². The third-order valence-corrected chi connectivity index (χ3v) is 1.35. The van der Waals surface area contributed by atoms with Gasteiger partial charge in [-0.3, -0.25) is 0 Å². The average Bonchev–Trinajstić information content (AvgIpc) is 1.88. The Morgan fingerprint density at radius 2 is 2.10 bits per heavy atom. The topological polar surface area (TPSA) is 12.0 Å². The molecule has 0 heterocycles. The number of hydrogen-bond donors (Lipinski definition) is 1. The van der Waals surface area contributed by atoms with Crippen LogP contribution in [0.25, 0.3) is 0 Å². The molecule has 0 aliphatic carbocycles. The van der Waals surface area contributed by atoms with Crippen LogP contribution in [0, 0.1) is 0 Å². The number of benzene rings is 1. The van der Waals surface area contributed by atoms with Crippen molar-refractivity contribution in [2.75, 3.05) is 12.4 Å². The molecule has 0 saturated heterocycles. The van der Waals surface area contributed by atoms with E-state index < -0.39 is 0 Å². The van der Waals surface area contributed by atoms with Gasteiger partial charge in [-0.15, -0.1) is 0 Å². The van der Waals surface area contributed by atoms with Crippen LogP contribution in [0.4, 0.5) is 5.69 Å². The lowest BCUT2D eigenvalue weighted by Crippen LogP contribution is -1.85. The molecule has 0 aliphatic heterocycles. The highest BCUT2D eigenvalue weighted by molar-refractivity contribution is 6.30. The lowest BCUT2D eigenvalue weighted by molar-refractivity contribution is 1.51. The summed E-state index contributed by atoms with van der Waals surface area (Å²) in [6, 6.07) is 7.60. The maximum Gasteiger partial charge on any atom is 0.0426 e. The van der Waals surface area contributed by atoms with Crippen LogP contribution in [0.2, 0.25) is 5.02 Å². The number of rotatable bonds is 1.